The molecule has 3 aromatic carbocycles. The molecule has 0 spiro atoms. The van der Waals surface area contributed by atoms with Crippen LogP contribution in [0.25, 0.3) is 22.6 Å². The maximum Gasteiger partial charge on any atom is 0.255 e. The molecule has 0 fully saturated rings. The minimum atomic E-state index is -0.248. The van der Waals surface area contributed by atoms with Crippen molar-refractivity contribution in [3.63, 3.8) is 0 Å². The lowest BCUT2D eigenvalue weighted by molar-refractivity contribution is 0.102. The number of rotatable bonds is 3. The summed E-state index contributed by atoms with van der Waals surface area (Å²) in [5.41, 5.74) is 3.15. The number of fused-ring (bicyclic) bond motifs is 1. The molecule has 0 aliphatic rings. The summed E-state index contributed by atoms with van der Waals surface area (Å²) in [6, 6.07) is 15.7. The first-order chi connectivity index (χ1) is 13.4. The standard InChI is InChI=1S/C20H10Br2Cl2N2O2/c21-13-7-10(1-4-15(13)23)19(27)25-12-3-6-18-17(9-12)26-20(28-18)11-2-5-16(24)14(22)8-11/h1-9H,(H,25,27). The molecule has 0 saturated carbocycles. The van der Waals surface area contributed by atoms with Crippen LogP contribution in [-0.2, 0) is 0 Å². The molecule has 8 heteroatoms. The smallest absolute Gasteiger partial charge is 0.255 e. The van der Waals surface area contributed by atoms with E-state index in [-0.39, 0.29) is 5.91 Å². The number of anilines is 1. The van der Waals surface area contributed by atoms with Gasteiger partial charge in [-0.05, 0) is 86.5 Å². The Bertz CT molecular complexity index is 1220. The number of nitrogens with zero attached hydrogens (tertiary/aromatic N) is 1. The Morgan fingerprint density at radius 1 is 0.929 bits per heavy atom. The summed E-state index contributed by atoms with van der Waals surface area (Å²) in [4.78, 5) is 17.0. The van der Waals surface area contributed by atoms with Gasteiger partial charge in [-0.2, -0.15) is 0 Å². The highest BCUT2D eigenvalue weighted by molar-refractivity contribution is 9.10. The van der Waals surface area contributed by atoms with E-state index in [9.17, 15) is 4.79 Å². The van der Waals surface area contributed by atoms with Crippen LogP contribution in [0.5, 0.6) is 0 Å². The highest BCUT2D eigenvalue weighted by atomic mass is 79.9. The molecule has 4 nitrogen and oxygen atoms in total. The van der Waals surface area contributed by atoms with E-state index in [1.807, 2.05) is 12.1 Å². The lowest BCUT2D eigenvalue weighted by Gasteiger charge is -2.06. The maximum atomic E-state index is 12.5. The Morgan fingerprint density at radius 2 is 1.64 bits per heavy atom. The zero-order valence-corrected chi connectivity index (χ0v) is 18.7. The fourth-order valence-corrected chi connectivity index (χ4v) is 3.59. The van der Waals surface area contributed by atoms with E-state index in [4.69, 9.17) is 27.6 Å². The normalized spacial score (nSPS) is 11.0. The molecule has 4 aromatic rings. The summed E-state index contributed by atoms with van der Waals surface area (Å²) >= 11 is 18.7. The Kier molecular flexibility index (Phi) is 5.47. The molecule has 0 aliphatic heterocycles. The topological polar surface area (TPSA) is 55.1 Å². The second-order valence-electron chi connectivity index (χ2n) is 5.91. The van der Waals surface area contributed by atoms with Gasteiger partial charge >= 0.3 is 0 Å². The van der Waals surface area contributed by atoms with E-state index in [2.05, 4.69) is 42.2 Å². The van der Waals surface area contributed by atoms with Crippen molar-refractivity contribution in [2.75, 3.05) is 5.32 Å². The van der Waals surface area contributed by atoms with Gasteiger partial charge in [0.15, 0.2) is 5.58 Å². The van der Waals surface area contributed by atoms with E-state index >= 15 is 0 Å². The van der Waals surface area contributed by atoms with E-state index in [1.54, 1.807) is 42.5 Å². The second kappa shape index (κ2) is 7.87. The van der Waals surface area contributed by atoms with E-state index in [1.165, 1.54) is 0 Å². The number of amides is 1. The molecule has 0 bridgehead atoms. The van der Waals surface area contributed by atoms with Crippen LogP contribution in [0.15, 0.2) is 68.0 Å². The highest BCUT2D eigenvalue weighted by Gasteiger charge is 2.12. The predicted molar refractivity (Wildman–Crippen MR) is 119 cm³/mol. The Labute approximate surface area is 187 Å². The van der Waals surface area contributed by atoms with Crippen molar-refractivity contribution in [2.45, 2.75) is 0 Å². The van der Waals surface area contributed by atoms with Crippen molar-refractivity contribution < 1.29 is 9.21 Å². The molecular weight excluding hydrogens is 531 g/mol. The van der Waals surface area contributed by atoms with Crippen LogP contribution >= 0.6 is 55.1 Å². The van der Waals surface area contributed by atoms with Crippen molar-refractivity contribution >= 4 is 77.8 Å². The van der Waals surface area contributed by atoms with Gasteiger partial charge in [-0.1, -0.05) is 23.2 Å². The third kappa shape index (κ3) is 3.96. The van der Waals surface area contributed by atoms with Crippen LogP contribution in [0.2, 0.25) is 10.0 Å². The van der Waals surface area contributed by atoms with Crippen molar-refractivity contribution in [1.82, 2.24) is 4.98 Å². The van der Waals surface area contributed by atoms with Gasteiger partial charge in [0, 0.05) is 25.8 Å². The fourth-order valence-electron chi connectivity index (χ4n) is 2.60. The Hall–Kier alpha value is -1.86. The number of nitrogens with one attached hydrogen (secondary N) is 1. The molecule has 0 saturated heterocycles. The van der Waals surface area contributed by atoms with E-state index in [0.717, 1.165) is 10.0 Å². The largest absolute Gasteiger partial charge is 0.436 e. The van der Waals surface area contributed by atoms with Gasteiger partial charge in [0.2, 0.25) is 5.89 Å². The zero-order chi connectivity index (χ0) is 19.8. The predicted octanol–water partition coefficient (Wildman–Crippen LogP) is 7.58. The third-order valence-corrected chi connectivity index (χ3v) is 6.42. The summed E-state index contributed by atoms with van der Waals surface area (Å²) in [6.45, 7) is 0. The van der Waals surface area contributed by atoms with Gasteiger partial charge < -0.3 is 9.73 Å². The van der Waals surface area contributed by atoms with Crippen LogP contribution < -0.4 is 5.32 Å². The number of carbonyl (C=O) groups is 1. The molecule has 0 radical (unpaired) electrons. The summed E-state index contributed by atoms with van der Waals surface area (Å²) in [5, 5.41) is 4.01. The van der Waals surface area contributed by atoms with Gasteiger partial charge in [-0.3, -0.25) is 4.79 Å². The van der Waals surface area contributed by atoms with Crippen LogP contribution in [0.3, 0.4) is 0 Å². The zero-order valence-electron chi connectivity index (χ0n) is 14.0. The van der Waals surface area contributed by atoms with Crippen molar-refractivity contribution in [2.24, 2.45) is 0 Å². The minimum absolute atomic E-state index is 0.248. The first-order valence-electron chi connectivity index (χ1n) is 8.03. The quantitative estimate of drug-likeness (QED) is 0.291. The van der Waals surface area contributed by atoms with E-state index < -0.39 is 0 Å². The average Bonchev–Trinajstić information content (AvgIpc) is 3.09. The monoisotopic (exact) mass is 538 g/mol. The Balaban J connectivity index is 1.61. The number of hydrogen-bond donors (Lipinski definition) is 1. The van der Waals surface area contributed by atoms with Crippen LogP contribution in [-0.4, -0.2) is 10.9 Å². The second-order valence-corrected chi connectivity index (χ2v) is 8.44. The number of benzene rings is 3. The SMILES string of the molecule is O=C(Nc1ccc2oc(-c3ccc(Cl)c(Br)c3)nc2c1)c1ccc(Cl)c(Br)c1. The minimum Gasteiger partial charge on any atom is -0.436 e. The number of carbonyl (C=O) groups excluding carboxylic acids is 1. The van der Waals surface area contributed by atoms with Gasteiger partial charge in [-0.15, -0.1) is 0 Å². The molecule has 0 aliphatic carbocycles. The van der Waals surface area contributed by atoms with Crippen molar-refractivity contribution in [1.29, 1.82) is 0 Å². The lowest BCUT2D eigenvalue weighted by atomic mass is 10.2. The van der Waals surface area contributed by atoms with Gasteiger partial charge in [0.1, 0.15) is 5.52 Å². The van der Waals surface area contributed by atoms with Gasteiger partial charge in [0.25, 0.3) is 5.91 Å². The molecule has 28 heavy (non-hydrogen) atoms. The summed E-state index contributed by atoms with van der Waals surface area (Å²) in [5.74, 6) is 0.222. The molecular formula is C20H10Br2Cl2N2O2. The molecule has 1 N–H and O–H groups in total. The molecule has 0 unspecified atom stereocenters. The van der Waals surface area contributed by atoms with E-state index in [0.29, 0.717) is 42.8 Å². The molecule has 0 atom stereocenters. The molecule has 1 aromatic heterocycles. The van der Waals surface area contributed by atoms with Crippen molar-refractivity contribution in [3.8, 4) is 11.5 Å². The molecule has 4 rings (SSSR count). The fraction of sp³-hybridized carbons (Fsp3) is 0. The number of halogens is 4. The maximum absolute atomic E-state index is 12.5. The van der Waals surface area contributed by atoms with Crippen LogP contribution in [0, 0.1) is 0 Å². The van der Waals surface area contributed by atoms with Crippen molar-refractivity contribution in [3.05, 3.63) is 79.2 Å². The number of oxazole rings is 1. The number of hydrogen-bond acceptors (Lipinski definition) is 3. The molecule has 1 amide bonds. The lowest BCUT2D eigenvalue weighted by Crippen LogP contribution is -2.11. The van der Waals surface area contributed by atoms with Gasteiger partial charge in [0.05, 0.1) is 10.0 Å². The van der Waals surface area contributed by atoms with Crippen LogP contribution in [0.4, 0.5) is 5.69 Å². The third-order valence-electron chi connectivity index (χ3n) is 3.99. The summed E-state index contributed by atoms with van der Waals surface area (Å²) in [7, 11) is 0. The molecule has 140 valence electrons. The van der Waals surface area contributed by atoms with Gasteiger partial charge in [-0.25, -0.2) is 4.98 Å². The average molecular weight is 541 g/mol. The molecule has 1 heterocycles. The highest BCUT2D eigenvalue weighted by Crippen LogP contribution is 2.31. The first kappa shape index (κ1) is 19.5. The first-order valence-corrected chi connectivity index (χ1v) is 10.4. The summed E-state index contributed by atoms with van der Waals surface area (Å²) in [6.07, 6.45) is 0. The number of aromatic nitrogens is 1. The Morgan fingerprint density at radius 3 is 2.36 bits per heavy atom. The summed E-state index contributed by atoms with van der Waals surface area (Å²) < 4.78 is 7.23. The van der Waals surface area contributed by atoms with Crippen LogP contribution in [0.1, 0.15) is 10.4 Å².